The van der Waals surface area contributed by atoms with Gasteiger partial charge in [-0.3, -0.25) is 9.59 Å². The summed E-state index contributed by atoms with van der Waals surface area (Å²) in [5.74, 6) is -0.123. The van der Waals surface area contributed by atoms with Crippen LogP contribution in [0, 0.1) is 0 Å². The van der Waals surface area contributed by atoms with E-state index < -0.39 is 0 Å². The van der Waals surface area contributed by atoms with Gasteiger partial charge in [0.15, 0.2) is 11.6 Å². The molecule has 0 fully saturated rings. The molecule has 0 saturated heterocycles. The summed E-state index contributed by atoms with van der Waals surface area (Å²) in [7, 11) is 1.48. The van der Waals surface area contributed by atoms with E-state index in [2.05, 4.69) is 0 Å². The largest absolute Gasteiger partial charge is 0.495 e. The SMILES string of the molecule is COc1c2c(c(N)c3ccccc13)C(=O)C=CC2=O. The maximum Gasteiger partial charge on any atom is 0.190 e. The molecular weight excluding hydrogens is 242 g/mol. The first-order valence-corrected chi connectivity index (χ1v) is 5.80. The number of hydrogen-bond acceptors (Lipinski definition) is 4. The fraction of sp³-hybridized carbons (Fsp3) is 0.0667. The molecule has 0 unspecified atom stereocenters. The summed E-state index contributed by atoms with van der Waals surface area (Å²) < 4.78 is 5.34. The second-order valence-corrected chi connectivity index (χ2v) is 4.30. The molecule has 19 heavy (non-hydrogen) atoms. The van der Waals surface area contributed by atoms with Crippen molar-refractivity contribution in [3.05, 3.63) is 47.5 Å². The van der Waals surface area contributed by atoms with Crippen LogP contribution in [0.5, 0.6) is 5.75 Å². The molecule has 0 atom stereocenters. The van der Waals surface area contributed by atoms with Crippen molar-refractivity contribution in [3.63, 3.8) is 0 Å². The Hall–Kier alpha value is -2.62. The van der Waals surface area contributed by atoms with Crippen molar-refractivity contribution in [1.82, 2.24) is 0 Å². The number of ketones is 2. The number of methoxy groups -OCH3 is 1. The van der Waals surface area contributed by atoms with Gasteiger partial charge in [-0.05, 0) is 12.2 Å². The lowest BCUT2D eigenvalue weighted by Gasteiger charge is -2.18. The van der Waals surface area contributed by atoms with Crippen LogP contribution in [0.4, 0.5) is 5.69 Å². The second kappa shape index (κ2) is 3.95. The lowest BCUT2D eigenvalue weighted by Crippen LogP contribution is -2.16. The van der Waals surface area contributed by atoms with Gasteiger partial charge in [0, 0.05) is 10.8 Å². The first-order valence-electron chi connectivity index (χ1n) is 5.80. The Balaban J connectivity index is 2.56. The standard InChI is InChI=1S/C15H11NO3/c1-19-15-9-5-3-2-4-8(9)14(16)12-10(17)6-7-11(18)13(12)15/h2-7H,16H2,1H3. The fourth-order valence-corrected chi connectivity index (χ4v) is 2.45. The number of benzene rings is 2. The van der Waals surface area contributed by atoms with E-state index in [0.717, 1.165) is 10.8 Å². The van der Waals surface area contributed by atoms with Gasteiger partial charge in [-0.1, -0.05) is 24.3 Å². The van der Waals surface area contributed by atoms with Crippen LogP contribution in [0.3, 0.4) is 0 Å². The number of rotatable bonds is 1. The number of anilines is 1. The maximum absolute atomic E-state index is 12.0. The average molecular weight is 253 g/mol. The highest BCUT2D eigenvalue weighted by molar-refractivity contribution is 6.28. The maximum atomic E-state index is 12.0. The summed E-state index contributed by atoms with van der Waals surface area (Å²) in [4.78, 5) is 24.0. The third-order valence-electron chi connectivity index (χ3n) is 3.29. The van der Waals surface area contributed by atoms with Crippen LogP contribution >= 0.6 is 0 Å². The first kappa shape index (κ1) is 11.5. The molecule has 4 nitrogen and oxygen atoms in total. The molecule has 3 rings (SSSR count). The van der Waals surface area contributed by atoms with Crippen molar-refractivity contribution in [2.24, 2.45) is 0 Å². The van der Waals surface area contributed by atoms with Gasteiger partial charge in [-0.25, -0.2) is 0 Å². The van der Waals surface area contributed by atoms with Gasteiger partial charge < -0.3 is 10.5 Å². The van der Waals surface area contributed by atoms with E-state index >= 15 is 0 Å². The van der Waals surface area contributed by atoms with Gasteiger partial charge in [-0.15, -0.1) is 0 Å². The lowest BCUT2D eigenvalue weighted by atomic mass is 9.88. The van der Waals surface area contributed by atoms with E-state index in [9.17, 15) is 9.59 Å². The summed E-state index contributed by atoms with van der Waals surface area (Å²) in [5.41, 5.74) is 6.88. The predicted octanol–water partition coefficient (Wildman–Crippen LogP) is 2.37. The minimum absolute atomic E-state index is 0.239. The number of fused-ring (bicyclic) bond motifs is 2. The molecule has 2 N–H and O–H groups in total. The molecule has 0 bridgehead atoms. The van der Waals surface area contributed by atoms with Crippen molar-refractivity contribution < 1.29 is 14.3 Å². The number of ether oxygens (including phenoxy) is 1. The van der Waals surface area contributed by atoms with Gasteiger partial charge in [0.05, 0.1) is 23.9 Å². The molecule has 0 heterocycles. The highest BCUT2D eigenvalue weighted by atomic mass is 16.5. The number of carbonyl (C=O) groups excluding carboxylic acids is 2. The summed E-state index contributed by atoms with van der Waals surface area (Å²) in [6, 6.07) is 7.29. The van der Waals surface area contributed by atoms with Crippen LogP contribution in [0.15, 0.2) is 36.4 Å². The zero-order chi connectivity index (χ0) is 13.6. The Morgan fingerprint density at radius 1 is 0.947 bits per heavy atom. The molecule has 94 valence electrons. The van der Waals surface area contributed by atoms with E-state index in [0.29, 0.717) is 11.4 Å². The number of nitrogen functional groups attached to an aromatic ring is 1. The molecule has 0 amide bonds. The van der Waals surface area contributed by atoms with Crippen LogP contribution < -0.4 is 10.5 Å². The monoisotopic (exact) mass is 253 g/mol. The van der Waals surface area contributed by atoms with Crippen LogP contribution in [-0.4, -0.2) is 18.7 Å². The van der Waals surface area contributed by atoms with Gasteiger partial charge >= 0.3 is 0 Å². The first-order chi connectivity index (χ1) is 9.15. The smallest absolute Gasteiger partial charge is 0.190 e. The molecule has 0 spiro atoms. The highest BCUT2D eigenvalue weighted by Crippen LogP contribution is 2.39. The summed E-state index contributed by atoms with van der Waals surface area (Å²) >= 11 is 0. The van der Waals surface area contributed by atoms with Crippen LogP contribution in [0.25, 0.3) is 10.8 Å². The van der Waals surface area contributed by atoms with Crippen molar-refractivity contribution in [2.75, 3.05) is 12.8 Å². The Morgan fingerprint density at radius 2 is 1.53 bits per heavy atom. The Labute approximate surface area is 109 Å². The Kier molecular flexibility index (Phi) is 2.38. The lowest BCUT2D eigenvalue weighted by molar-refractivity contribution is 0.0992. The van der Waals surface area contributed by atoms with Crippen molar-refractivity contribution in [2.45, 2.75) is 0 Å². The number of nitrogens with two attached hydrogens (primary N) is 1. The number of allylic oxidation sites excluding steroid dienone is 2. The molecule has 0 aromatic heterocycles. The molecule has 2 aromatic rings. The van der Waals surface area contributed by atoms with Crippen molar-refractivity contribution in [3.8, 4) is 5.75 Å². The van der Waals surface area contributed by atoms with Gasteiger partial charge in [-0.2, -0.15) is 0 Å². The minimum Gasteiger partial charge on any atom is -0.495 e. The van der Waals surface area contributed by atoms with E-state index in [1.165, 1.54) is 19.3 Å². The quantitative estimate of drug-likeness (QED) is 0.792. The molecule has 1 aliphatic rings. The van der Waals surface area contributed by atoms with E-state index in [4.69, 9.17) is 10.5 Å². The molecule has 0 saturated carbocycles. The summed E-state index contributed by atoms with van der Waals surface area (Å²) in [5, 5.41) is 1.45. The second-order valence-electron chi connectivity index (χ2n) is 4.30. The van der Waals surface area contributed by atoms with Crippen LogP contribution in [-0.2, 0) is 0 Å². The van der Waals surface area contributed by atoms with Crippen LogP contribution in [0.1, 0.15) is 20.7 Å². The van der Waals surface area contributed by atoms with Gasteiger partial charge in [0.25, 0.3) is 0 Å². The van der Waals surface area contributed by atoms with E-state index in [1.807, 2.05) is 24.3 Å². The number of hydrogen-bond donors (Lipinski definition) is 1. The topological polar surface area (TPSA) is 69.4 Å². The minimum atomic E-state index is -0.267. The average Bonchev–Trinajstić information content (AvgIpc) is 2.43. The summed E-state index contributed by atoms with van der Waals surface area (Å²) in [6.07, 6.45) is 2.50. The van der Waals surface area contributed by atoms with Crippen LogP contribution in [0.2, 0.25) is 0 Å². The van der Waals surface area contributed by atoms with Crippen molar-refractivity contribution in [1.29, 1.82) is 0 Å². The van der Waals surface area contributed by atoms with Gasteiger partial charge in [0.2, 0.25) is 0 Å². The highest BCUT2D eigenvalue weighted by Gasteiger charge is 2.28. The fourth-order valence-electron chi connectivity index (χ4n) is 2.45. The Morgan fingerprint density at radius 3 is 2.16 bits per heavy atom. The zero-order valence-electron chi connectivity index (χ0n) is 10.3. The normalized spacial score (nSPS) is 13.7. The molecule has 0 radical (unpaired) electrons. The van der Waals surface area contributed by atoms with E-state index in [-0.39, 0.29) is 22.7 Å². The summed E-state index contributed by atoms with van der Waals surface area (Å²) in [6.45, 7) is 0. The number of carbonyl (C=O) groups is 2. The Bertz CT molecular complexity index is 760. The third-order valence-corrected chi connectivity index (χ3v) is 3.29. The van der Waals surface area contributed by atoms with Gasteiger partial charge in [0.1, 0.15) is 5.75 Å². The molecule has 4 heteroatoms. The molecule has 1 aliphatic carbocycles. The zero-order valence-corrected chi connectivity index (χ0v) is 10.3. The van der Waals surface area contributed by atoms with Crippen molar-refractivity contribution >= 4 is 28.0 Å². The predicted molar refractivity (Wildman–Crippen MR) is 72.7 cm³/mol. The van der Waals surface area contributed by atoms with E-state index in [1.54, 1.807) is 0 Å². The third kappa shape index (κ3) is 1.46. The molecule has 2 aromatic carbocycles. The molecule has 0 aliphatic heterocycles. The molecular formula is C15H11NO3.